The number of esters is 1. The first-order valence-electron chi connectivity index (χ1n) is 6.72. The third kappa shape index (κ3) is 2.60. The lowest BCUT2D eigenvalue weighted by atomic mass is 10.1. The number of carbonyl (C=O) groups is 1. The van der Waals surface area contributed by atoms with Crippen molar-refractivity contribution in [2.45, 2.75) is 24.9 Å². The minimum absolute atomic E-state index is 0.289. The summed E-state index contributed by atoms with van der Waals surface area (Å²) < 4.78 is 9.85. The molecule has 0 saturated heterocycles. The summed E-state index contributed by atoms with van der Waals surface area (Å²) in [5.41, 5.74) is 2.21. The van der Waals surface area contributed by atoms with Gasteiger partial charge in [0.05, 0.1) is 13.4 Å². The van der Waals surface area contributed by atoms with Crippen molar-refractivity contribution in [2.75, 3.05) is 7.11 Å². The van der Waals surface area contributed by atoms with Gasteiger partial charge in [-0.15, -0.1) is 0 Å². The molecule has 4 heteroatoms. The molecule has 0 radical (unpaired) electrons. The van der Waals surface area contributed by atoms with Gasteiger partial charge in [0.15, 0.2) is 0 Å². The Hall–Kier alpha value is -2.07. The van der Waals surface area contributed by atoms with Crippen LogP contribution in [0, 0.1) is 0 Å². The first-order valence-corrected chi connectivity index (χ1v) is 6.72. The highest BCUT2D eigenvalue weighted by Crippen LogP contribution is 2.40. The molecule has 104 valence electrons. The van der Waals surface area contributed by atoms with E-state index in [0.29, 0.717) is 18.5 Å². The Morgan fingerprint density at radius 2 is 2.15 bits per heavy atom. The first-order chi connectivity index (χ1) is 9.79. The monoisotopic (exact) mass is 271 g/mol. The van der Waals surface area contributed by atoms with Crippen LogP contribution in [-0.2, 0) is 11.3 Å². The van der Waals surface area contributed by atoms with Crippen LogP contribution in [0.5, 0.6) is 0 Å². The van der Waals surface area contributed by atoms with Gasteiger partial charge in [-0.05, 0) is 18.1 Å². The normalized spacial score (nSPS) is 20.6. The molecule has 1 saturated carbocycles. The summed E-state index contributed by atoms with van der Waals surface area (Å²) in [7, 11) is 1.36. The van der Waals surface area contributed by atoms with Crippen molar-refractivity contribution < 1.29 is 13.9 Å². The Kier molecular flexibility index (Phi) is 3.56. The van der Waals surface area contributed by atoms with Crippen LogP contribution < -0.4 is 5.32 Å². The molecule has 2 atom stereocenters. The van der Waals surface area contributed by atoms with Gasteiger partial charge in [-0.1, -0.05) is 30.3 Å². The number of carbonyl (C=O) groups excluding carboxylic acids is 1. The molecule has 2 unspecified atom stereocenters. The highest BCUT2D eigenvalue weighted by atomic mass is 16.5. The largest absolute Gasteiger partial charge is 0.463 e. The summed E-state index contributed by atoms with van der Waals surface area (Å²) in [6, 6.07) is 12.7. The molecule has 1 heterocycles. The van der Waals surface area contributed by atoms with Crippen LogP contribution >= 0.6 is 0 Å². The van der Waals surface area contributed by atoms with Crippen LogP contribution in [0.1, 0.15) is 34.0 Å². The molecule has 1 aliphatic rings. The van der Waals surface area contributed by atoms with E-state index >= 15 is 0 Å². The van der Waals surface area contributed by atoms with E-state index in [1.165, 1.54) is 18.9 Å². The second kappa shape index (κ2) is 5.51. The molecule has 1 fully saturated rings. The Morgan fingerprint density at radius 3 is 2.90 bits per heavy atom. The minimum atomic E-state index is -0.429. The van der Waals surface area contributed by atoms with Crippen LogP contribution in [0.15, 0.2) is 47.1 Å². The van der Waals surface area contributed by atoms with Gasteiger partial charge in [-0.25, -0.2) is 4.79 Å². The molecule has 4 nitrogen and oxygen atoms in total. The van der Waals surface area contributed by atoms with E-state index in [1.807, 2.05) is 6.07 Å². The minimum Gasteiger partial charge on any atom is -0.463 e. The molecule has 1 N–H and O–H groups in total. The summed E-state index contributed by atoms with van der Waals surface area (Å²) in [6.45, 7) is 0.620. The smallest absolute Gasteiger partial charge is 0.374 e. The summed E-state index contributed by atoms with van der Waals surface area (Å²) >= 11 is 0. The molecule has 0 aliphatic heterocycles. The predicted molar refractivity (Wildman–Crippen MR) is 74.5 cm³/mol. The summed E-state index contributed by atoms with van der Waals surface area (Å²) in [6.07, 6.45) is 2.65. The van der Waals surface area contributed by atoms with Crippen LogP contribution in [0.25, 0.3) is 0 Å². The Labute approximate surface area is 117 Å². The molecule has 1 aliphatic carbocycles. The maximum Gasteiger partial charge on any atom is 0.374 e. The topological polar surface area (TPSA) is 51.5 Å². The first kappa shape index (κ1) is 12.9. The van der Waals surface area contributed by atoms with Crippen LogP contribution in [0.2, 0.25) is 0 Å². The fourth-order valence-corrected chi connectivity index (χ4v) is 2.48. The average Bonchev–Trinajstić information content (AvgIpc) is 3.13. The fourth-order valence-electron chi connectivity index (χ4n) is 2.48. The average molecular weight is 271 g/mol. The van der Waals surface area contributed by atoms with Crippen molar-refractivity contribution in [3.63, 3.8) is 0 Å². The second-order valence-corrected chi connectivity index (χ2v) is 5.01. The van der Waals surface area contributed by atoms with E-state index in [9.17, 15) is 4.79 Å². The van der Waals surface area contributed by atoms with Crippen molar-refractivity contribution in [2.24, 2.45) is 0 Å². The van der Waals surface area contributed by atoms with Crippen molar-refractivity contribution in [1.29, 1.82) is 0 Å². The highest BCUT2D eigenvalue weighted by molar-refractivity contribution is 5.87. The zero-order valence-electron chi connectivity index (χ0n) is 11.3. The van der Waals surface area contributed by atoms with Crippen molar-refractivity contribution in [1.82, 2.24) is 5.32 Å². The maximum absolute atomic E-state index is 11.5. The molecule has 0 spiro atoms. The summed E-state index contributed by atoms with van der Waals surface area (Å²) in [5, 5.41) is 3.46. The van der Waals surface area contributed by atoms with E-state index in [1.54, 1.807) is 6.07 Å². The number of benzene rings is 1. The van der Waals surface area contributed by atoms with E-state index < -0.39 is 5.97 Å². The fraction of sp³-hybridized carbons (Fsp3) is 0.312. The molecule has 2 aromatic rings. The number of rotatable bonds is 5. The number of methoxy groups -OCH3 is 1. The van der Waals surface area contributed by atoms with Gasteiger partial charge < -0.3 is 14.5 Å². The van der Waals surface area contributed by atoms with Crippen LogP contribution in [-0.4, -0.2) is 19.1 Å². The standard InChI is InChI=1S/C16H17NO3/c1-19-16(18)15-12(7-8-20-15)10-17-14-9-13(14)11-5-3-2-4-6-11/h2-8,13-14,17H,9-10H2,1H3. The van der Waals surface area contributed by atoms with Gasteiger partial charge in [0.2, 0.25) is 5.76 Å². The molecule has 3 rings (SSSR count). The molecule has 20 heavy (non-hydrogen) atoms. The zero-order valence-corrected chi connectivity index (χ0v) is 11.3. The highest BCUT2D eigenvalue weighted by Gasteiger charge is 2.37. The second-order valence-electron chi connectivity index (χ2n) is 5.01. The third-order valence-electron chi connectivity index (χ3n) is 3.69. The third-order valence-corrected chi connectivity index (χ3v) is 3.69. The van der Waals surface area contributed by atoms with E-state index in [-0.39, 0.29) is 5.76 Å². The van der Waals surface area contributed by atoms with Crippen LogP contribution in [0.4, 0.5) is 0 Å². The lowest BCUT2D eigenvalue weighted by Crippen LogP contribution is -2.18. The lowest BCUT2D eigenvalue weighted by molar-refractivity contribution is 0.0563. The van der Waals surface area contributed by atoms with E-state index in [4.69, 9.17) is 4.42 Å². The molecular weight excluding hydrogens is 254 g/mol. The van der Waals surface area contributed by atoms with Crippen molar-refractivity contribution in [3.8, 4) is 0 Å². The number of nitrogens with one attached hydrogen (secondary N) is 1. The number of hydrogen-bond acceptors (Lipinski definition) is 4. The van der Waals surface area contributed by atoms with E-state index in [0.717, 1.165) is 12.0 Å². The Morgan fingerprint density at radius 1 is 1.35 bits per heavy atom. The van der Waals surface area contributed by atoms with Crippen molar-refractivity contribution in [3.05, 3.63) is 59.5 Å². The van der Waals surface area contributed by atoms with Gasteiger partial charge in [0.25, 0.3) is 0 Å². The summed E-state index contributed by atoms with van der Waals surface area (Å²) in [5.74, 6) is 0.434. The van der Waals surface area contributed by atoms with Gasteiger partial charge in [0.1, 0.15) is 0 Å². The van der Waals surface area contributed by atoms with E-state index in [2.05, 4.69) is 34.3 Å². The van der Waals surface area contributed by atoms with Gasteiger partial charge >= 0.3 is 5.97 Å². The summed E-state index contributed by atoms with van der Waals surface area (Å²) in [4.78, 5) is 11.5. The van der Waals surface area contributed by atoms with Gasteiger partial charge in [0, 0.05) is 24.1 Å². The number of furan rings is 1. The van der Waals surface area contributed by atoms with Gasteiger partial charge in [-0.2, -0.15) is 0 Å². The quantitative estimate of drug-likeness (QED) is 0.849. The Bertz CT molecular complexity index is 591. The Balaban J connectivity index is 1.57. The predicted octanol–water partition coefficient (Wildman–Crippen LogP) is 2.71. The number of hydrogen-bond donors (Lipinski definition) is 1. The molecule has 0 amide bonds. The van der Waals surface area contributed by atoms with Crippen LogP contribution in [0.3, 0.4) is 0 Å². The molecule has 1 aromatic carbocycles. The number of ether oxygens (including phenoxy) is 1. The molecule has 1 aromatic heterocycles. The lowest BCUT2D eigenvalue weighted by Gasteiger charge is -2.04. The SMILES string of the molecule is COC(=O)c1occc1CNC1CC1c1ccccc1. The zero-order chi connectivity index (χ0) is 13.9. The molecule has 0 bridgehead atoms. The molecular formula is C16H17NO3. The maximum atomic E-state index is 11.5. The van der Waals surface area contributed by atoms with Gasteiger partial charge in [-0.3, -0.25) is 0 Å². The van der Waals surface area contributed by atoms with Crippen molar-refractivity contribution >= 4 is 5.97 Å².